The molecule has 0 saturated heterocycles. The molecule has 0 spiro atoms. The molecular weight excluding hydrogens is 156 g/mol. The van der Waals surface area contributed by atoms with Crippen LogP contribution in [0.15, 0.2) is 11.6 Å². The maximum Gasteiger partial charge on any atom is 0.0799 e. The highest BCUT2D eigenvalue weighted by atomic mass is 32.3. The molecule has 1 aliphatic rings. The molecular formula is C9H18OS. The fraction of sp³-hybridized carbons (Fsp3) is 0.778. The predicted molar refractivity (Wildman–Crippen MR) is 53.6 cm³/mol. The summed E-state index contributed by atoms with van der Waals surface area (Å²) in [4.78, 5) is 0. The molecule has 66 valence electrons. The van der Waals surface area contributed by atoms with Crippen molar-refractivity contribution in [2.75, 3.05) is 24.0 Å². The van der Waals surface area contributed by atoms with E-state index in [2.05, 4.69) is 19.4 Å². The van der Waals surface area contributed by atoms with Gasteiger partial charge in [-0.05, 0) is 31.6 Å². The van der Waals surface area contributed by atoms with Crippen molar-refractivity contribution in [3.8, 4) is 0 Å². The largest absolute Gasteiger partial charge is 0.388 e. The summed E-state index contributed by atoms with van der Waals surface area (Å²) in [6.45, 7) is 2.12. The molecule has 0 bridgehead atoms. The van der Waals surface area contributed by atoms with E-state index in [-0.39, 0.29) is 6.10 Å². The van der Waals surface area contributed by atoms with Gasteiger partial charge in [0, 0.05) is 5.75 Å². The van der Waals surface area contributed by atoms with E-state index >= 15 is 0 Å². The summed E-state index contributed by atoms with van der Waals surface area (Å²) in [5.74, 6) is 2.27. The highest BCUT2D eigenvalue weighted by Gasteiger charge is 2.19. The van der Waals surface area contributed by atoms with Gasteiger partial charge in [0.05, 0.1) is 6.10 Å². The Morgan fingerprint density at radius 3 is 2.82 bits per heavy atom. The molecule has 0 amide bonds. The lowest BCUT2D eigenvalue weighted by atomic mass is 10.2. The summed E-state index contributed by atoms with van der Waals surface area (Å²) in [6, 6.07) is 0. The molecule has 0 fully saturated rings. The summed E-state index contributed by atoms with van der Waals surface area (Å²) >= 11 is 0. The molecule has 0 saturated carbocycles. The molecule has 1 heterocycles. The van der Waals surface area contributed by atoms with Crippen molar-refractivity contribution in [3.05, 3.63) is 11.6 Å². The number of aliphatic hydroxyl groups excluding tert-OH is 1. The standard InChI is InChI=1S/C9H18OS/c1-8-4-5-11(2,3)7-9(10)6-8/h6,9-10H,4-5,7H2,1-3H3/t9-/m0/s1. The van der Waals surface area contributed by atoms with Crippen LogP contribution in [0.1, 0.15) is 13.3 Å². The van der Waals surface area contributed by atoms with Crippen LogP contribution >= 0.6 is 10.0 Å². The molecule has 1 aliphatic heterocycles. The third-order valence-corrected chi connectivity index (χ3v) is 4.70. The molecule has 0 aromatic rings. The Labute approximate surface area is 70.8 Å². The van der Waals surface area contributed by atoms with E-state index in [1.807, 2.05) is 6.08 Å². The SMILES string of the molecule is CC1=C[C@H](O)CS(C)(C)CC1. The van der Waals surface area contributed by atoms with Crippen molar-refractivity contribution in [1.82, 2.24) is 0 Å². The third-order valence-electron chi connectivity index (χ3n) is 2.15. The Kier molecular flexibility index (Phi) is 2.66. The molecule has 2 heteroatoms. The summed E-state index contributed by atoms with van der Waals surface area (Å²) in [5, 5.41) is 9.54. The van der Waals surface area contributed by atoms with E-state index in [0.717, 1.165) is 5.75 Å². The van der Waals surface area contributed by atoms with Gasteiger partial charge in [0.15, 0.2) is 0 Å². The molecule has 1 N–H and O–H groups in total. The van der Waals surface area contributed by atoms with Crippen LogP contribution in [0, 0.1) is 0 Å². The second kappa shape index (κ2) is 3.20. The van der Waals surface area contributed by atoms with Gasteiger partial charge in [-0.2, -0.15) is 0 Å². The first-order valence-electron chi connectivity index (χ1n) is 4.04. The first-order valence-corrected chi connectivity index (χ1v) is 6.82. The van der Waals surface area contributed by atoms with Crippen LogP contribution in [-0.2, 0) is 0 Å². The molecule has 0 unspecified atom stereocenters. The fourth-order valence-corrected chi connectivity index (χ4v) is 3.50. The predicted octanol–water partition coefficient (Wildman–Crippen LogP) is 1.76. The van der Waals surface area contributed by atoms with Gasteiger partial charge in [0.25, 0.3) is 0 Å². The zero-order valence-electron chi connectivity index (χ0n) is 7.63. The van der Waals surface area contributed by atoms with Crippen LogP contribution in [0.3, 0.4) is 0 Å². The summed E-state index contributed by atoms with van der Waals surface area (Å²) in [7, 11) is -0.503. The Hall–Kier alpha value is 0.0500. The van der Waals surface area contributed by atoms with Crippen molar-refractivity contribution in [2.45, 2.75) is 19.4 Å². The van der Waals surface area contributed by atoms with Gasteiger partial charge >= 0.3 is 0 Å². The molecule has 1 rings (SSSR count). The zero-order valence-corrected chi connectivity index (χ0v) is 8.45. The highest BCUT2D eigenvalue weighted by molar-refractivity contribution is 8.32. The van der Waals surface area contributed by atoms with Crippen LogP contribution in [0.25, 0.3) is 0 Å². The van der Waals surface area contributed by atoms with Crippen molar-refractivity contribution in [1.29, 1.82) is 0 Å². The van der Waals surface area contributed by atoms with Gasteiger partial charge in [-0.3, -0.25) is 0 Å². The van der Waals surface area contributed by atoms with Gasteiger partial charge in [0.1, 0.15) is 0 Å². The Balaban J connectivity index is 2.65. The fourth-order valence-electron chi connectivity index (χ4n) is 1.44. The monoisotopic (exact) mass is 174 g/mol. The molecule has 1 atom stereocenters. The summed E-state index contributed by atoms with van der Waals surface area (Å²) in [6.07, 6.45) is 7.63. The van der Waals surface area contributed by atoms with E-state index in [0.29, 0.717) is 0 Å². The van der Waals surface area contributed by atoms with Gasteiger partial charge in [-0.15, -0.1) is 0 Å². The Bertz CT molecular complexity index is 172. The summed E-state index contributed by atoms with van der Waals surface area (Å²) in [5.41, 5.74) is 1.36. The number of aliphatic hydroxyl groups is 1. The number of rotatable bonds is 0. The van der Waals surface area contributed by atoms with Crippen molar-refractivity contribution in [3.63, 3.8) is 0 Å². The molecule has 0 radical (unpaired) electrons. The molecule has 1 nitrogen and oxygen atoms in total. The minimum atomic E-state index is -0.503. The second-order valence-electron chi connectivity index (χ2n) is 3.97. The first kappa shape index (κ1) is 9.14. The van der Waals surface area contributed by atoms with Crippen molar-refractivity contribution < 1.29 is 5.11 Å². The molecule has 11 heavy (non-hydrogen) atoms. The molecule has 0 aromatic heterocycles. The van der Waals surface area contributed by atoms with Crippen molar-refractivity contribution >= 4 is 10.0 Å². The van der Waals surface area contributed by atoms with Crippen molar-refractivity contribution in [2.24, 2.45) is 0 Å². The number of allylic oxidation sites excluding steroid dienone is 1. The lowest BCUT2D eigenvalue weighted by Gasteiger charge is -2.30. The Morgan fingerprint density at radius 1 is 1.55 bits per heavy atom. The Morgan fingerprint density at radius 2 is 2.18 bits per heavy atom. The van der Waals surface area contributed by atoms with Gasteiger partial charge in [-0.25, -0.2) is 10.0 Å². The lowest BCUT2D eigenvalue weighted by molar-refractivity contribution is 0.247. The van der Waals surface area contributed by atoms with Crippen LogP contribution in [0.2, 0.25) is 0 Å². The normalized spacial score (nSPS) is 33.8. The van der Waals surface area contributed by atoms with E-state index in [1.165, 1.54) is 17.7 Å². The van der Waals surface area contributed by atoms with Crippen LogP contribution < -0.4 is 0 Å². The quantitative estimate of drug-likeness (QED) is 0.555. The van der Waals surface area contributed by atoms with E-state index in [9.17, 15) is 5.11 Å². The highest BCUT2D eigenvalue weighted by Crippen LogP contribution is 2.43. The summed E-state index contributed by atoms with van der Waals surface area (Å²) < 4.78 is 0. The van der Waals surface area contributed by atoms with Crippen LogP contribution in [-0.4, -0.2) is 35.2 Å². The van der Waals surface area contributed by atoms with E-state index < -0.39 is 10.0 Å². The average molecular weight is 174 g/mol. The van der Waals surface area contributed by atoms with E-state index in [1.54, 1.807) is 0 Å². The van der Waals surface area contributed by atoms with Gasteiger partial charge < -0.3 is 5.11 Å². The maximum absolute atomic E-state index is 9.54. The second-order valence-corrected chi connectivity index (χ2v) is 8.24. The van der Waals surface area contributed by atoms with Crippen LogP contribution in [0.4, 0.5) is 0 Å². The molecule has 0 aromatic carbocycles. The third kappa shape index (κ3) is 2.88. The van der Waals surface area contributed by atoms with Gasteiger partial charge in [0.2, 0.25) is 0 Å². The van der Waals surface area contributed by atoms with Crippen LogP contribution in [0.5, 0.6) is 0 Å². The minimum absolute atomic E-state index is 0.178. The smallest absolute Gasteiger partial charge is 0.0799 e. The lowest BCUT2D eigenvalue weighted by Crippen LogP contribution is -2.15. The number of hydrogen-bond acceptors (Lipinski definition) is 1. The van der Waals surface area contributed by atoms with Gasteiger partial charge in [-0.1, -0.05) is 11.6 Å². The average Bonchev–Trinajstić information content (AvgIpc) is 1.90. The molecule has 0 aliphatic carbocycles. The van der Waals surface area contributed by atoms with E-state index in [4.69, 9.17) is 0 Å². The minimum Gasteiger partial charge on any atom is -0.388 e. The first-order chi connectivity index (χ1) is 4.99. The zero-order chi connectivity index (χ0) is 8.48. The number of hydrogen-bond donors (Lipinski definition) is 1. The topological polar surface area (TPSA) is 20.2 Å². The maximum atomic E-state index is 9.54.